The summed E-state index contributed by atoms with van der Waals surface area (Å²) >= 11 is 0. The number of hydrogen-bond donors (Lipinski definition) is 2. The number of fused-ring (bicyclic) bond motifs is 1. The maximum atomic E-state index is 5.74. The largest absolute Gasteiger partial charge is 0.381 e. The van der Waals surface area contributed by atoms with Crippen LogP contribution in [0.3, 0.4) is 0 Å². The van der Waals surface area contributed by atoms with E-state index in [1.165, 1.54) is 5.52 Å². The maximum absolute atomic E-state index is 5.74. The normalized spacial score (nSPS) is 20.6. The molecule has 2 aromatic rings. The van der Waals surface area contributed by atoms with E-state index in [2.05, 4.69) is 35.1 Å². The Morgan fingerprint density at radius 1 is 1.50 bits per heavy atom. The number of nitrogens with zero attached hydrogens (tertiary/aromatic N) is 2. The minimum atomic E-state index is 0.222. The molecule has 1 saturated heterocycles. The molecule has 3 N–H and O–H groups in total. The Balaban J connectivity index is 1.88. The first-order valence-electron chi connectivity index (χ1n) is 7.31. The first kappa shape index (κ1) is 13.5. The number of hydrazine groups is 1. The first-order chi connectivity index (χ1) is 9.83. The number of rotatable bonds is 5. The minimum absolute atomic E-state index is 0.222. The van der Waals surface area contributed by atoms with E-state index >= 15 is 0 Å². The molecule has 2 unspecified atom stereocenters. The Bertz CT molecular complexity index is 574. The van der Waals surface area contributed by atoms with Crippen LogP contribution in [0.15, 0.2) is 24.3 Å². The fourth-order valence-corrected chi connectivity index (χ4v) is 3.06. The molecule has 0 radical (unpaired) electrons. The van der Waals surface area contributed by atoms with E-state index in [-0.39, 0.29) is 6.04 Å². The number of nitrogens with one attached hydrogen (secondary N) is 1. The number of nitrogens with two attached hydrogens (primary N) is 1. The van der Waals surface area contributed by atoms with Gasteiger partial charge in [-0.05, 0) is 25.5 Å². The van der Waals surface area contributed by atoms with Crippen LogP contribution in [-0.2, 0) is 17.7 Å². The van der Waals surface area contributed by atoms with Crippen LogP contribution in [0.25, 0.3) is 11.0 Å². The first-order valence-corrected chi connectivity index (χ1v) is 7.31. The molecular formula is C15H22N4O. The average Bonchev–Trinajstić information content (AvgIpc) is 3.11. The molecule has 2 atom stereocenters. The topological polar surface area (TPSA) is 65.1 Å². The molecule has 0 bridgehead atoms. The van der Waals surface area contributed by atoms with Crippen molar-refractivity contribution < 1.29 is 4.74 Å². The Kier molecular flexibility index (Phi) is 4.00. The lowest BCUT2D eigenvalue weighted by molar-refractivity contribution is 0.176. The van der Waals surface area contributed by atoms with E-state index in [1.54, 1.807) is 0 Å². The van der Waals surface area contributed by atoms with Crippen LogP contribution >= 0.6 is 0 Å². The highest BCUT2D eigenvalue weighted by Crippen LogP contribution is 2.22. The van der Waals surface area contributed by atoms with Gasteiger partial charge in [-0.3, -0.25) is 11.3 Å². The molecule has 5 heteroatoms. The number of aromatic nitrogens is 2. The number of aryl methyl sites for hydroxylation is 1. The molecule has 20 heavy (non-hydrogen) atoms. The van der Waals surface area contributed by atoms with Crippen LogP contribution in [0.4, 0.5) is 0 Å². The summed E-state index contributed by atoms with van der Waals surface area (Å²) in [5.41, 5.74) is 5.21. The summed E-state index contributed by atoms with van der Waals surface area (Å²) in [4.78, 5) is 4.77. The van der Waals surface area contributed by atoms with Crippen LogP contribution in [0.2, 0.25) is 0 Å². The van der Waals surface area contributed by atoms with Crippen molar-refractivity contribution in [3.63, 3.8) is 0 Å². The van der Waals surface area contributed by atoms with E-state index in [9.17, 15) is 0 Å². The quantitative estimate of drug-likeness (QED) is 0.640. The lowest BCUT2D eigenvalue weighted by Crippen LogP contribution is -2.43. The Morgan fingerprint density at radius 3 is 3.05 bits per heavy atom. The predicted molar refractivity (Wildman–Crippen MR) is 79.1 cm³/mol. The lowest BCUT2D eigenvalue weighted by Gasteiger charge is -2.21. The molecule has 0 aliphatic carbocycles. The molecule has 0 saturated carbocycles. The summed E-state index contributed by atoms with van der Waals surface area (Å²) < 4.78 is 7.74. The molecule has 1 aromatic carbocycles. The summed E-state index contributed by atoms with van der Waals surface area (Å²) in [6, 6.07) is 8.50. The number of benzene rings is 1. The van der Waals surface area contributed by atoms with Crippen LogP contribution in [-0.4, -0.2) is 28.8 Å². The zero-order valence-electron chi connectivity index (χ0n) is 11.9. The fourth-order valence-electron chi connectivity index (χ4n) is 3.06. The fraction of sp³-hybridized carbons (Fsp3) is 0.533. The van der Waals surface area contributed by atoms with Gasteiger partial charge < -0.3 is 9.30 Å². The Hall–Kier alpha value is -1.43. The van der Waals surface area contributed by atoms with Crippen molar-refractivity contribution in [1.82, 2.24) is 15.0 Å². The monoisotopic (exact) mass is 274 g/mol. The third-order valence-corrected chi connectivity index (χ3v) is 4.20. The Labute approximate surface area is 119 Å². The SMILES string of the molecule is CCn1c(CC(NN)C2CCOC2)nc2ccccc21. The van der Waals surface area contributed by atoms with Crippen molar-refractivity contribution >= 4 is 11.0 Å². The van der Waals surface area contributed by atoms with Crippen molar-refractivity contribution in [1.29, 1.82) is 0 Å². The maximum Gasteiger partial charge on any atom is 0.111 e. The van der Waals surface area contributed by atoms with Crippen LogP contribution < -0.4 is 11.3 Å². The summed E-state index contributed by atoms with van der Waals surface area (Å²) in [7, 11) is 0. The minimum Gasteiger partial charge on any atom is -0.381 e. The highest BCUT2D eigenvalue weighted by atomic mass is 16.5. The summed E-state index contributed by atoms with van der Waals surface area (Å²) in [5.74, 6) is 7.32. The second kappa shape index (κ2) is 5.91. The highest BCUT2D eigenvalue weighted by molar-refractivity contribution is 5.75. The number of imidazole rings is 1. The van der Waals surface area contributed by atoms with Gasteiger partial charge in [-0.2, -0.15) is 0 Å². The van der Waals surface area contributed by atoms with Crippen molar-refractivity contribution in [2.45, 2.75) is 32.4 Å². The van der Waals surface area contributed by atoms with Gasteiger partial charge in [0.1, 0.15) is 5.82 Å². The van der Waals surface area contributed by atoms with Gasteiger partial charge in [-0.1, -0.05) is 12.1 Å². The summed E-state index contributed by atoms with van der Waals surface area (Å²) in [6.07, 6.45) is 1.91. The van der Waals surface area contributed by atoms with Crippen molar-refractivity contribution in [3.05, 3.63) is 30.1 Å². The second-order valence-electron chi connectivity index (χ2n) is 5.36. The zero-order chi connectivity index (χ0) is 13.9. The van der Waals surface area contributed by atoms with E-state index in [0.717, 1.165) is 43.9 Å². The molecular weight excluding hydrogens is 252 g/mol. The van der Waals surface area contributed by atoms with Gasteiger partial charge in [-0.15, -0.1) is 0 Å². The van der Waals surface area contributed by atoms with Crippen molar-refractivity contribution in [2.24, 2.45) is 11.8 Å². The molecule has 1 fully saturated rings. The molecule has 108 valence electrons. The molecule has 1 aliphatic heterocycles. The van der Waals surface area contributed by atoms with Crippen molar-refractivity contribution in [3.8, 4) is 0 Å². The number of para-hydroxylation sites is 2. The van der Waals surface area contributed by atoms with Crippen LogP contribution in [0.1, 0.15) is 19.2 Å². The molecule has 3 rings (SSSR count). The van der Waals surface area contributed by atoms with Crippen LogP contribution in [0, 0.1) is 5.92 Å². The third-order valence-electron chi connectivity index (χ3n) is 4.20. The van der Waals surface area contributed by atoms with E-state index in [4.69, 9.17) is 15.6 Å². The number of hydrogen-bond acceptors (Lipinski definition) is 4. The molecule has 0 amide bonds. The molecule has 1 aliphatic rings. The zero-order valence-corrected chi connectivity index (χ0v) is 11.9. The lowest BCUT2D eigenvalue weighted by atomic mass is 9.96. The second-order valence-corrected chi connectivity index (χ2v) is 5.36. The van der Waals surface area contributed by atoms with Gasteiger partial charge in [0.05, 0.1) is 17.6 Å². The molecule has 2 heterocycles. The highest BCUT2D eigenvalue weighted by Gasteiger charge is 2.26. The Morgan fingerprint density at radius 2 is 2.35 bits per heavy atom. The van der Waals surface area contributed by atoms with E-state index in [1.807, 2.05) is 6.07 Å². The van der Waals surface area contributed by atoms with Crippen LogP contribution in [0.5, 0.6) is 0 Å². The van der Waals surface area contributed by atoms with Gasteiger partial charge >= 0.3 is 0 Å². The van der Waals surface area contributed by atoms with Gasteiger partial charge in [0, 0.05) is 31.5 Å². The molecule has 0 spiro atoms. The number of ether oxygens (including phenoxy) is 1. The van der Waals surface area contributed by atoms with E-state index in [0.29, 0.717) is 5.92 Å². The van der Waals surface area contributed by atoms with Gasteiger partial charge in [0.25, 0.3) is 0 Å². The molecule has 1 aromatic heterocycles. The predicted octanol–water partition coefficient (Wildman–Crippen LogP) is 1.47. The smallest absolute Gasteiger partial charge is 0.111 e. The van der Waals surface area contributed by atoms with Gasteiger partial charge in [-0.25, -0.2) is 4.98 Å². The summed E-state index contributed by atoms with van der Waals surface area (Å²) in [5, 5.41) is 0. The van der Waals surface area contributed by atoms with Gasteiger partial charge in [0.15, 0.2) is 0 Å². The standard InChI is InChI=1S/C15H22N4O/c1-2-19-14-6-4-3-5-12(14)17-15(19)9-13(18-16)11-7-8-20-10-11/h3-6,11,13,18H,2,7-10,16H2,1H3. The van der Waals surface area contributed by atoms with Crippen molar-refractivity contribution in [2.75, 3.05) is 13.2 Å². The summed E-state index contributed by atoms with van der Waals surface area (Å²) in [6.45, 7) is 4.71. The molecule has 5 nitrogen and oxygen atoms in total. The van der Waals surface area contributed by atoms with Gasteiger partial charge in [0.2, 0.25) is 0 Å². The average molecular weight is 274 g/mol. The van der Waals surface area contributed by atoms with E-state index < -0.39 is 0 Å². The third kappa shape index (κ3) is 2.44.